The Labute approximate surface area is 115 Å². The highest BCUT2D eigenvalue weighted by atomic mass is 16.1. The van der Waals surface area contributed by atoms with Crippen LogP contribution in [0.3, 0.4) is 0 Å². The molecular weight excluding hydrogens is 220 g/mol. The molecular formula is C17H34O. The monoisotopic (exact) mass is 254 g/mol. The minimum Gasteiger partial charge on any atom is -0.300 e. The summed E-state index contributed by atoms with van der Waals surface area (Å²) in [4.78, 5) is 11.1. The van der Waals surface area contributed by atoms with Gasteiger partial charge in [0.05, 0.1) is 0 Å². The van der Waals surface area contributed by atoms with Gasteiger partial charge in [0, 0.05) is 6.42 Å². The highest BCUT2D eigenvalue weighted by Gasteiger charge is 2.09. The van der Waals surface area contributed by atoms with Crippen molar-refractivity contribution in [3.8, 4) is 0 Å². The van der Waals surface area contributed by atoms with Gasteiger partial charge in [0.2, 0.25) is 0 Å². The summed E-state index contributed by atoms with van der Waals surface area (Å²) in [5, 5.41) is 0. The number of ketones is 1. The lowest BCUT2D eigenvalue weighted by molar-refractivity contribution is -0.117. The fourth-order valence-corrected chi connectivity index (χ4v) is 2.56. The van der Waals surface area contributed by atoms with Crippen LogP contribution in [0.5, 0.6) is 0 Å². The summed E-state index contributed by atoms with van der Waals surface area (Å²) in [6.45, 7) is 6.25. The average Bonchev–Trinajstić information content (AvgIpc) is 2.35. The van der Waals surface area contributed by atoms with Crippen molar-refractivity contribution < 1.29 is 4.79 Å². The fraction of sp³-hybridized carbons (Fsp3) is 0.941. The smallest absolute Gasteiger partial charge is 0.129 e. The molecule has 0 spiro atoms. The zero-order chi connectivity index (χ0) is 13.6. The van der Waals surface area contributed by atoms with Gasteiger partial charge in [0.15, 0.2) is 0 Å². The van der Waals surface area contributed by atoms with Crippen LogP contribution >= 0.6 is 0 Å². The van der Waals surface area contributed by atoms with E-state index in [4.69, 9.17) is 0 Å². The molecule has 1 heteroatoms. The lowest BCUT2D eigenvalue weighted by Crippen LogP contribution is -2.04. The van der Waals surface area contributed by atoms with Crippen LogP contribution in [0.2, 0.25) is 0 Å². The predicted octanol–water partition coefficient (Wildman–Crippen LogP) is 5.91. The molecule has 0 bridgehead atoms. The van der Waals surface area contributed by atoms with Crippen molar-refractivity contribution in [1.82, 2.24) is 0 Å². The van der Waals surface area contributed by atoms with Gasteiger partial charge in [-0.1, -0.05) is 78.1 Å². The van der Waals surface area contributed by atoms with E-state index in [2.05, 4.69) is 13.8 Å². The second-order valence-electron chi connectivity index (χ2n) is 5.81. The number of Topliss-reactive ketones (excluding diaryl/α,β-unsaturated/α-hetero) is 1. The molecule has 18 heavy (non-hydrogen) atoms. The lowest BCUT2D eigenvalue weighted by Gasteiger charge is -2.16. The molecule has 0 heterocycles. The third-order valence-corrected chi connectivity index (χ3v) is 3.84. The van der Waals surface area contributed by atoms with E-state index in [9.17, 15) is 4.79 Å². The van der Waals surface area contributed by atoms with Crippen molar-refractivity contribution in [2.24, 2.45) is 5.92 Å². The van der Waals surface area contributed by atoms with E-state index in [1.54, 1.807) is 6.92 Å². The van der Waals surface area contributed by atoms with E-state index < -0.39 is 0 Å². The summed E-state index contributed by atoms with van der Waals surface area (Å²) in [6.07, 6.45) is 15.5. The molecule has 0 saturated heterocycles. The maximum Gasteiger partial charge on any atom is 0.129 e. The van der Waals surface area contributed by atoms with Gasteiger partial charge in [-0.3, -0.25) is 0 Å². The third-order valence-electron chi connectivity index (χ3n) is 3.84. The summed E-state index contributed by atoms with van der Waals surface area (Å²) in [5.74, 6) is 1.17. The van der Waals surface area contributed by atoms with Crippen LogP contribution in [0.1, 0.15) is 97.8 Å². The second-order valence-corrected chi connectivity index (χ2v) is 5.81. The molecule has 0 N–H and O–H groups in total. The zero-order valence-electron chi connectivity index (χ0n) is 13.0. The van der Waals surface area contributed by atoms with Crippen LogP contribution in [0, 0.1) is 5.92 Å². The highest BCUT2D eigenvalue weighted by Crippen LogP contribution is 2.22. The summed E-state index contributed by atoms with van der Waals surface area (Å²) in [5.41, 5.74) is 0. The van der Waals surface area contributed by atoms with Crippen LogP contribution in [-0.4, -0.2) is 5.78 Å². The van der Waals surface area contributed by atoms with Gasteiger partial charge in [-0.25, -0.2) is 0 Å². The van der Waals surface area contributed by atoms with E-state index in [0.717, 1.165) is 18.8 Å². The average molecular weight is 254 g/mol. The van der Waals surface area contributed by atoms with Gasteiger partial charge in [0.1, 0.15) is 5.78 Å². The maximum absolute atomic E-state index is 11.1. The fourth-order valence-electron chi connectivity index (χ4n) is 2.56. The Morgan fingerprint density at radius 3 is 1.83 bits per heavy atom. The van der Waals surface area contributed by atoms with Crippen LogP contribution in [0.4, 0.5) is 0 Å². The molecule has 0 aliphatic rings. The highest BCUT2D eigenvalue weighted by molar-refractivity contribution is 5.75. The van der Waals surface area contributed by atoms with Crippen molar-refractivity contribution in [1.29, 1.82) is 0 Å². The molecule has 1 atom stereocenters. The van der Waals surface area contributed by atoms with Crippen molar-refractivity contribution in [2.45, 2.75) is 97.8 Å². The van der Waals surface area contributed by atoms with E-state index in [1.807, 2.05) is 0 Å². The molecule has 0 aliphatic carbocycles. The van der Waals surface area contributed by atoms with E-state index in [-0.39, 0.29) is 0 Å². The quantitative estimate of drug-likeness (QED) is 0.373. The number of carbonyl (C=O) groups is 1. The Morgan fingerprint density at radius 2 is 1.28 bits per heavy atom. The van der Waals surface area contributed by atoms with E-state index >= 15 is 0 Å². The molecule has 0 aromatic heterocycles. The van der Waals surface area contributed by atoms with Crippen LogP contribution < -0.4 is 0 Å². The van der Waals surface area contributed by atoms with Gasteiger partial charge in [-0.05, 0) is 19.3 Å². The van der Waals surface area contributed by atoms with Gasteiger partial charge < -0.3 is 4.79 Å². The first-order chi connectivity index (χ1) is 8.70. The maximum atomic E-state index is 11.1. The number of carbonyl (C=O) groups excluding carboxylic acids is 1. The number of hydrogen-bond acceptors (Lipinski definition) is 1. The van der Waals surface area contributed by atoms with Crippen molar-refractivity contribution in [3.63, 3.8) is 0 Å². The zero-order valence-corrected chi connectivity index (χ0v) is 13.0. The Balaban J connectivity index is 3.70. The number of unbranched alkanes of at least 4 members (excludes halogenated alkanes) is 6. The first-order valence-electron chi connectivity index (χ1n) is 8.20. The molecule has 0 fully saturated rings. The molecule has 0 saturated carbocycles. The Morgan fingerprint density at radius 1 is 0.778 bits per heavy atom. The van der Waals surface area contributed by atoms with Gasteiger partial charge >= 0.3 is 0 Å². The van der Waals surface area contributed by atoms with Gasteiger partial charge in [0.25, 0.3) is 0 Å². The number of hydrogen-bond donors (Lipinski definition) is 0. The summed E-state index contributed by atoms with van der Waals surface area (Å²) in [7, 11) is 0. The largest absolute Gasteiger partial charge is 0.300 e. The molecule has 0 radical (unpaired) electrons. The molecule has 0 aliphatic heterocycles. The second kappa shape index (κ2) is 13.1. The van der Waals surface area contributed by atoms with Crippen LogP contribution in [0.15, 0.2) is 0 Å². The standard InChI is InChI=1S/C17H34O/c1-4-6-8-9-11-13-17(12-10-7-5-2)15-14-16(3)18/h17H,4-15H2,1-3H3. The van der Waals surface area contributed by atoms with Crippen LogP contribution in [0.25, 0.3) is 0 Å². The van der Waals surface area contributed by atoms with Crippen molar-refractivity contribution >= 4 is 5.78 Å². The Kier molecular flexibility index (Phi) is 12.9. The minimum atomic E-state index is 0.362. The van der Waals surface area contributed by atoms with Gasteiger partial charge in [-0.2, -0.15) is 0 Å². The predicted molar refractivity (Wildman–Crippen MR) is 80.9 cm³/mol. The summed E-state index contributed by atoms with van der Waals surface area (Å²) in [6, 6.07) is 0. The summed E-state index contributed by atoms with van der Waals surface area (Å²) < 4.78 is 0. The first kappa shape index (κ1) is 17.7. The van der Waals surface area contributed by atoms with Crippen LogP contribution in [-0.2, 0) is 4.79 Å². The SMILES string of the molecule is CCCCCCCC(CCCCC)CCC(C)=O. The first-order valence-corrected chi connectivity index (χ1v) is 8.20. The topological polar surface area (TPSA) is 17.1 Å². The number of rotatable bonds is 13. The molecule has 0 aromatic rings. The third kappa shape index (κ3) is 12.1. The molecule has 1 unspecified atom stereocenters. The van der Waals surface area contributed by atoms with Crippen molar-refractivity contribution in [3.05, 3.63) is 0 Å². The molecule has 0 rings (SSSR count). The normalized spacial score (nSPS) is 12.6. The molecule has 1 nitrogen and oxygen atoms in total. The Bertz CT molecular complexity index is 186. The Hall–Kier alpha value is -0.330. The van der Waals surface area contributed by atoms with Gasteiger partial charge in [-0.15, -0.1) is 0 Å². The van der Waals surface area contributed by atoms with E-state index in [1.165, 1.54) is 64.2 Å². The minimum absolute atomic E-state index is 0.362. The molecule has 0 amide bonds. The lowest BCUT2D eigenvalue weighted by atomic mass is 9.90. The summed E-state index contributed by atoms with van der Waals surface area (Å²) >= 11 is 0. The van der Waals surface area contributed by atoms with Crippen molar-refractivity contribution in [2.75, 3.05) is 0 Å². The molecule has 0 aromatic carbocycles. The van der Waals surface area contributed by atoms with E-state index in [0.29, 0.717) is 5.78 Å². The molecule has 108 valence electrons.